The third-order valence-corrected chi connectivity index (χ3v) is 2.89. The Kier molecular flexibility index (Phi) is 5.26. The molecule has 0 aromatic heterocycles. The number of hydrogen-bond acceptors (Lipinski definition) is 3. The fourth-order valence-corrected chi connectivity index (χ4v) is 1.90. The van der Waals surface area contributed by atoms with Crippen LogP contribution in [0.3, 0.4) is 0 Å². The van der Waals surface area contributed by atoms with E-state index in [2.05, 4.69) is 10.6 Å². The van der Waals surface area contributed by atoms with E-state index in [1.54, 1.807) is 0 Å². The van der Waals surface area contributed by atoms with E-state index < -0.39 is 11.7 Å². The van der Waals surface area contributed by atoms with Crippen molar-refractivity contribution in [3.05, 3.63) is 29.6 Å². The summed E-state index contributed by atoms with van der Waals surface area (Å²) in [5, 5.41) is 5.47. The Hall–Kier alpha value is -1.66. The molecule has 1 aromatic carbocycles. The zero-order chi connectivity index (χ0) is 13.1. The lowest BCUT2D eigenvalue weighted by molar-refractivity contribution is -0.117. The third-order valence-electron chi connectivity index (χ3n) is 2.89. The molecule has 1 aromatic rings. The number of benzene rings is 1. The number of hydrogen-bond donors (Lipinski definition) is 3. The molecule has 1 aliphatic rings. The number of amides is 2. The van der Waals surface area contributed by atoms with Crippen LogP contribution in [0.2, 0.25) is 0 Å². The van der Waals surface area contributed by atoms with Gasteiger partial charge >= 0.3 is 0 Å². The number of nitrogens with one attached hydrogen (secondary N) is 2. The fourth-order valence-electron chi connectivity index (χ4n) is 1.90. The van der Waals surface area contributed by atoms with Crippen molar-refractivity contribution in [1.29, 1.82) is 0 Å². The second kappa shape index (κ2) is 6.49. The number of primary amides is 1. The first-order valence-corrected chi connectivity index (χ1v) is 5.71. The summed E-state index contributed by atoms with van der Waals surface area (Å²) >= 11 is 0. The molecule has 4 N–H and O–H groups in total. The van der Waals surface area contributed by atoms with Crippen LogP contribution in [0.5, 0.6) is 0 Å². The second-order valence-corrected chi connectivity index (χ2v) is 4.20. The van der Waals surface area contributed by atoms with Crippen LogP contribution in [0.1, 0.15) is 23.2 Å². The van der Waals surface area contributed by atoms with Gasteiger partial charge in [0.25, 0.3) is 0 Å². The van der Waals surface area contributed by atoms with Crippen LogP contribution < -0.4 is 16.4 Å². The van der Waals surface area contributed by atoms with Crippen LogP contribution in [-0.4, -0.2) is 24.4 Å². The van der Waals surface area contributed by atoms with Gasteiger partial charge in [-0.05, 0) is 37.6 Å². The number of rotatable bonds is 3. The molecule has 1 aliphatic heterocycles. The molecular formula is C12H15ClFN3O2. The van der Waals surface area contributed by atoms with Crippen molar-refractivity contribution >= 4 is 29.9 Å². The average molecular weight is 288 g/mol. The summed E-state index contributed by atoms with van der Waals surface area (Å²) in [5.41, 5.74) is 5.23. The molecular weight excluding hydrogens is 273 g/mol. The van der Waals surface area contributed by atoms with Crippen molar-refractivity contribution in [3.8, 4) is 0 Å². The maximum absolute atomic E-state index is 13.5. The standard InChI is InChI=1S/C12H14FN3O2.ClH/c13-8-4-3-7(11(14)17)6-10(8)16-12(18)9-2-1-5-15-9;/h3-4,6,9,15H,1-2,5H2,(H2,14,17)(H,16,18);1H. The highest BCUT2D eigenvalue weighted by molar-refractivity contribution is 5.98. The Balaban J connectivity index is 0.00000180. The molecule has 1 saturated heterocycles. The Morgan fingerprint density at radius 2 is 2.16 bits per heavy atom. The summed E-state index contributed by atoms with van der Waals surface area (Å²) < 4.78 is 13.5. The van der Waals surface area contributed by atoms with Gasteiger partial charge in [-0.1, -0.05) is 0 Å². The smallest absolute Gasteiger partial charge is 0.248 e. The Labute approximate surface area is 116 Å². The molecule has 1 fully saturated rings. The number of anilines is 1. The maximum Gasteiger partial charge on any atom is 0.248 e. The first kappa shape index (κ1) is 15.4. The minimum Gasteiger partial charge on any atom is -0.366 e. The Bertz CT molecular complexity index is 490. The first-order valence-electron chi connectivity index (χ1n) is 5.71. The van der Waals surface area contributed by atoms with E-state index in [9.17, 15) is 14.0 Å². The van der Waals surface area contributed by atoms with Crippen molar-refractivity contribution in [2.24, 2.45) is 5.73 Å². The molecule has 2 rings (SSSR count). The lowest BCUT2D eigenvalue weighted by atomic mass is 10.1. The number of carbonyl (C=O) groups is 2. The molecule has 7 heteroatoms. The highest BCUT2D eigenvalue weighted by Gasteiger charge is 2.22. The van der Waals surface area contributed by atoms with Crippen molar-refractivity contribution in [3.63, 3.8) is 0 Å². The molecule has 19 heavy (non-hydrogen) atoms. The number of halogens is 2. The summed E-state index contributed by atoms with van der Waals surface area (Å²) in [6.07, 6.45) is 1.64. The van der Waals surface area contributed by atoms with Gasteiger partial charge in [-0.25, -0.2) is 4.39 Å². The van der Waals surface area contributed by atoms with Gasteiger partial charge in [0, 0.05) is 5.56 Å². The largest absolute Gasteiger partial charge is 0.366 e. The molecule has 1 heterocycles. The van der Waals surface area contributed by atoms with Crippen LogP contribution in [0, 0.1) is 5.82 Å². The van der Waals surface area contributed by atoms with E-state index >= 15 is 0 Å². The lowest BCUT2D eigenvalue weighted by Gasteiger charge is -2.12. The van der Waals surface area contributed by atoms with Crippen molar-refractivity contribution in [1.82, 2.24) is 5.32 Å². The summed E-state index contributed by atoms with van der Waals surface area (Å²) in [7, 11) is 0. The van der Waals surface area contributed by atoms with Crippen LogP contribution in [0.15, 0.2) is 18.2 Å². The monoisotopic (exact) mass is 287 g/mol. The predicted molar refractivity (Wildman–Crippen MR) is 71.8 cm³/mol. The molecule has 2 amide bonds. The van der Waals surface area contributed by atoms with Crippen LogP contribution >= 0.6 is 12.4 Å². The minimum absolute atomic E-state index is 0. The molecule has 104 valence electrons. The summed E-state index contributed by atoms with van der Waals surface area (Å²) in [6, 6.07) is 3.32. The lowest BCUT2D eigenvalue weighted by Crippen LogP contribution is -2.35. The van der Waals surface area contributed by atoms with E-state index in [-0.39, 0.29) is 35.6 Å². The number of carbonyl (C=O) groups excluding carboxylic acids is 2. The summed E-state index contributed by atoms with van der Waals surface area (Å²) in [4.78, 5) is 22.8. The van der Waals surface area contributed by atoms with Gasteiger partial charge in [0.2, 0.25) is 11.8 Å². The molecule has 0 saturated carbocycles. The molecule has 1 atom stereocenters. The van der Waals surface area contributed by atoms with Crippen molar-refractivity contribution in [2.75, 3.05) is 11.9 Å². The van der Waals surface area contributed by atoms with Crippen LogP contribution in [0.25, 0.3) is 0 Å². The highest BCUT2D eigenvalue weighted by atomic mass is 35.5. The molecule has 1 unspecified atom stereocenters. The SMILES string of the molecule is Cl.NC(=O)c1ccc(F)c(NC(=O)C2CCCN2)c1. The minimum atomic E-state index is -0.663. The highest BCUT2D eigenvalue weighted by Crippen LogP contribution is 2.17. The molecule has 5 nitrogen and oxygen atoms in total. The quantitative estimate of drug-likeness (QED) is 0.776. The third kappa shape index (κ3) is 3.65. The van der Waals surface area contributed by atoms with E-state index in [1.165, 1.54) is 12.1 Å². The summed E-state index contributed by atoms with van der Waals surface area (Å²) in [6.45, 7) is 0.780. The molecule has 0 spiro atoms. The van der Waals surface area contributed by atoms with Crippen LogP contribution in [0.4, 0.5) is 10.1 Å². The van der Waals surface area contributed by atoms with Crippen LogP contribution in [-0.2, 0) is 4.79 Å². The zero-order valence-corrected chi connectivity index (χ0v) is 10.9. The van der Waals surface area contributed by atoms with Gasteiger partial charge in [0.1, 0.15) is 5.82 Å². The fraction of sp³-hybridized carbons (Fsp3) is 0.333. The van der Waals surface area contributed by atoms with Gasteiger partial charge in [-0.15, -0.1) is 12.4 Å². The van der Waals surface area contributed by atoms with Gasteiger partial charge in [-0.2, -0.15) is 0 Å². The summed E-state index contributed by atoms with van der Waals surface area (Å²) in [5.74, 6) is -1.55. The van der Waals surface area contributed by atoms with E-state index in [4.69, 9.17) is 5.73 Å². The topological polar surface area (TPSA) is 84.2 Å². The van der Waals surface area contributed by atoms with E-state index in [0.717, 1.165) is 25.5 Å². The van der Waals surface area contributed by atoms with E-state index in [1.807, 2.05) is 0 Å². The molecule has 0 radical (unpaired) electrons. The van der Waals surface area contributed by atoms with Gasteiger partial charge in [-0.3, -0.25) is 9.59 Å². The predicted octanol–water partition coefficient (Wildman–Crippen LogP) is 1.04. The molecule has 0 aliphatic carbocycles. The van der Waals surface area contributed by atoms with Crippen molar-refractivity contribution < 1.29 is 14.0 Å². The average Bonchev–Trinajstić information content (AvgIpc) is 2.85. The zero-order valence-electron chi connectivity index (χ0n) is 10.1. The number of nitrogens with two attached hydrogens (primary N) is 1. The van der Waals surface area contributed by atoms with Gasteiger partial charge < -0.3 is 16.4 Å². The normalized spacial score (nSPS) is 17.6. The Morgan fingerprint density at radius 3 is 2.74 bits per heavy atom. The van der Waals surface area contributed by atoms with Gasteiger partial charge in [0.05, 0.1) is 11.7 Å². The molecule has 0 bridgehead atoms. The maximum atomic E-state index is 13.5. The Morgan fingerprint density at radius 1 is 1.42 bits per heavy atom. The van der Waals surface area contributed by atoms with E-state index in [0.29, 0.717) is 0 Å². The first-order chi connectivity index (χ1) is 8.58. The van der Waals surface area contributed by atoms with Crippen molar-refractivity contribution in [2.45, 2.75) is 18.9 Å². The second-order valence-electron chi connectivity index (χ2n) is 4.20. The van der Waals surface area contributed by atoms with Gasteiger partial charge in [0.15, 0.2) is 0 Å².